The molecule has 4 N–H and O–H groups in total. The molecule has 1 aliphatic heterocycles. The lowest BCUT2D eigenvalue weighted by molar-refractivity contribution is -0.150. The van der Waals surface area contributed by atoms with E-state index in [4.69, 9.17) is 57.8 Å². The van der Waals surface area contributed by atoms with E-state index in [1.807, 2.05) is 62.4 Å². The van der Waals surface area contributed by atoms with Crippen LogP contribution >= 0.6 is 11.8 Å². The molecular weight excluding hydrogens is 1780 g/mol. The first kappa shape index (κ1) is 119. The Hall–Kier alpha value is -9.97. The summed E-state index contributed by atoms with van der Waals surface area (Å²) in [5.41, 5.74) is 7.05. The summed E-state index contributed by atoms with van der Waals surface area (Å²) in [6, 6.07) is 18.2. The van der Waals surface area contributed by atoms with E-state index < -0.39 is 161 Å². The molecular formula is C91H149N15O28S. The van der Waals surface area contributed by atoms with E-state index >= 15 is 0 Å². The van der Waals surface area contributed by atoms with Gasteiger partial charge in [-0.2, -0.15) is 11.8 Å². The first-order chi connectivity index (χ1) is 64.8. The lowest BCUT2D eigenvalue weighted by Gasteiger charge is -2.33. The van der Waals surface area contributed by atoms with Crippen molar-refractivity contribution in [3.63, 3.8) is 0 Å². The number of unbranched alkanes of at least 4 members (excludes halogenated alkanes) is 2. The van der Waals surface area contributed by atoms with Gasteiger partial charge in [0.25, 0.3) is 0 Å². The number of primary amides is 1. The maximum atomic E-state index is 14.9. The summed E-state index contributed by atoms with van der Waals surface area (Å²) >= 11 is 1.37. The predicted octanol–water partition coefficient (Wildman–Crippen LogP) is -2.43. The summed E-state index contributed by atoms with van der Waals surface area (Å²) in [5, 5.41) is 13.1. The third-order valence-corrected chi connectivity index (χ3v) is 22.8. The van der Waals surface area contributed by atoms with Crippen LogP contribution in [-0.2, 0) is 142 Å². The highest BCUT2D eigenvalue weighted by atomic mass is 32.2. The van der Waals surface area contributed by atoms with Crippen LogP contribution in [0.4, 0.5) is 0 Å². The Balaban J connectivity index is 1.85. The van der Waals surface area contributed by atoms with Crippen molar-refractivity contribution in [1.29, 1.82) is 0 Å². The fourth-order valence-electron chi connectivity index (χ4n) is 13.6. The first-order valence-electron chi connectivity index (χ1n) is 45.4. The molecule has 1 saturated heterocycles. The molecule has 1 heterocycles. The topological polar surface area (TPSA) is 475 Å². The number of nitrogens with two attached hydrogens (primary N) is 1. The Morgan fingerprint density at radius 1 is 0.378 bits per heavy atom. The highest BCUT2D eigenvalue weighted by Crippen LogP contribution is 2.25. The summed E-state index contributed by atoms with van der Waals surface area (Å²) < 4.78 is 58.8. The number of rotatable bonds is 77. The molecule has 762 valence electrons. The molecule has 0 saturated carbocycles. The van der Waals surface area contributed by atoms with Gasteiger partial charge in [0, 0.05) is 200 Å². The average molecular weight is 1930 g/mol. The molecule has 1 fully saturated rings. The van der Waals surface area contributed by atoms with Crippen LogP contribution in [0.3, 0.4) is 0 Å². The van der Waals surface area contributed by atoms with Crippen LogP contribution < -0.4 is 11.1 Å². The maximum absolute atomic E-state index is 14.9. The number of ether oxygens (including phenoxy) is 11. The number of amides is 16. The van der Waals surface area contributed by atoms with Gasteiger partial charge >= 0.3 is 0 Å². The number of aliphatic hydroxyl groups is 1. The Kier molecular flexibility index (Phi) is 62.4. The minimum Gasteiger partial charge on any atom is -0.390 e. The summed E-state index contributed by atoms with van der Waals surface area (Å²) in [4.78, 5) is 241. The molecule has 0 aromatic heterocycles. The van der Waals surface area contributed by atoms with Crippen LogP contribution in [0.15, 0.2) is 60.7 Å². The van der Waals surface area contributed by atoms with E-state index in [9.17, 15) is 81.8 Å². The number of hydrogen-bond donors (Lipinski definition) is 3. The summed E-state index contributed by atoms with van der Waals surface area (Å²) in [5.74, 6) is -9.53. The standard InChI is InChI=1S/C91H149N15O28S/c1-71(2)67-134-68-75(107)70-135-69-74-54-79(111)106(91(74)123)33-29-77(109)93-30-21-15-20-26-78(110)97(35-45-125-4)58-85(117)98(36-46-126-5)59-80(112)94(31-27-72-22-16-13-17-23-72)56-84(116)102(40-50-130-9)63-88(120)104(42-52-132-11)65-90(122)105(43-53-133-12)66-89(121)103(41-51-131-10)64-86(118)99(37-47-127-6)60-81(113)95(32-28-73-24-18-14-19-25-73)57-83(115)101(39-49-129-8)62-87(119)100(38-48-128-7)61-82(114)96(34-44-124-3)55-76(92)108/h13-14,16-19,22-25,71,74-75,107H,15,20-21,26-70H2,1-12H3,(H2,92,108)(H,93,109). The van der Waals surface area contributed by atoms with Crippen molar-refractivity contribution in [1.82, 2.24) is 69.0 Å². The number of aliphatic hydroxyl groups excluding tert-OH is 1. The molecule has 2 aromatic rings. The number of thioether (sulfide) groups is 1. The smallest absolute Gasteiger partial charge is 0.242 e. The minimum atomic E-state index is -0.795. The van der Waals surface area contributed by atoms with Gasteiger partial charge in [0.1, 0.15) is 0 Å². The Bertz CT molecular complexity index is 3890. The van der Waals surface area contributed by atoms with E-state index in [1.54, 1.807) is 12.1 Å². The molecule has 0 bridgehead atoms. The second-order valence-corrected chi connectivity index (χ2v) is 33.5. The van der Waals surface area contributed by atoms with E-state index in [-0.39, 0.29) is 220 Å². The second kappa shape index (κ2) is 70.6. The number of carbonyl (C=O) groups is 16. The van der Waals surface area contributed by atoms with E-state index in [2.05, 4.69) is 5.32 Å². The number of imide groups is 1. The number of nitrogens with zero attached hydrogens (tertiary/aromatic N) is 13. The lowest BCUT2D eigenvalue weighted by Crippen LogP contribution is -2.54. The fourth-order valence-corrected chi connectivity index (χ4v) is 14.7. The zero-order chi connectivity index (χ0) is 99.8. The van der Waals surface area contributed by atoms with Crippen molar-refractivity contribution in [3.05, 3.63) is 71.8 Å². The molecule has 0 spiro atoms. The summed E-state index contributed by atoms with van der Waals surface area (Å²) in [7, 11) is 13.9. The minimum absolute atomic E-state index is 0.00716. The van der Waals surface area contributed by atoms with Crippen molar-refractivity contribution >= 4 is 106 Å². The van der Waals surface area contributed by atoms with Crippen LogP contribution in [0, 0.1) is 11.8 Å². The first-order valence-corrected chi connectivity index (χ1v) is 46.5. The van der Waals surface area contributed by atoms with Crippen molar-refractivity contribution in [3.8, 4) is 0 Å². The third kappa shape index (κ3) is 49.1. The van der Waals surface area contributed by atoms with Crippen LogP contribution in [0.5, 0.6) is 0 Å². The fraction of sp³-hybridized carbons (Fsp3) is 0.692. The molecule has 0 aliphatic carbocycles. The number of methoxy groups -OCH3 is 10. The van der Waals surface area contributed by atoms with Gasteiger partial charge in [0.05, 0.1) is 163 Å². The van der Waals surface area contributed by atoms with Crippen LogP contribution in [0.2, 0.25) is 0 Å². The lowest BCUT2D eigenvalue weighted by atomic mass is 10.1. The van der Waals surface area contributed by atoms with Gasteiger partial charge < -0.3 is 127 Å². The normalized spacial score (nSPS) is 12.5. The van der Waals surface area contributed by atoms with Crippen LogP contribution in [-0.4, -0.2) is 501 Å². The quantitative estimate of drug-likeness (QED) is 0.0458. The molecule has 2 aromatic carbocycles. The second-order valence-electron chi connectivity index (χ2n) is 32.5. The molecule has 43 nitrogen and oxygen atoms in total. The Labute approximate surface area is 798 Å². The Morgan fingerprint density at radius 2 is 0.652 bits per heavy atom. The zero-order valence-corrected chi connectivity index (χ0v) is 82.0. The molecule has 135 heavy (non-hydrogen) atoms. The van der Waals surface area contributed by atoms with Crippen molar-refractivity contribution in [2.45, 2.75) is 71.3 Å². The molecule has 1 aliphatic rings. The largest absolute Gasteiger partial charge is 0.390 e. The molecule has 16 amide bonds. The SMILES string of the molecule is COCCN(CC(N)=O)C(=O)CN(CCOC)C(=O)CN(CCOC)C(=O)CN(CCc1ccccc1)C(=O)CN(CCOC)C(=O)CN(CCOC)C(=O)CN(CCOC)C(=O)CN(CCOC)C(=O)CN(CCOC)C(=O)CN(CCc1ccccc1)C(=O)CN(CCOC)C(=O)CN(CCOC)C(=O)CCCCCNC(=O)CCN1C(=O)CC(CSCC(O)COCC(C)C)C1=O. The summed E-state index contributed by atoms with van der Waals surface area (Å²) in [6.45, 7) is -4.05. The Morgan fingerprint density at radius 3 is 0.926 bits per heavy atom. The summed E-state index contributed by atoms with van der Waals surface area (Å²) in [6.07, 6.45) is 1.11. The molecule has 0 radical (unpaired) electrons. The van der Waals surface area contributed by atoms with Gasteiger partial charge in [-0.25, -0.2) is 0 Å². The number of likely N-dealkylation sites (tertiary alicyclic amines) is 1. The van der Waals surface area contributed by atoms with E-state index in [0.29, 0.717) is 43.3 Å². The van der Waals surface area contributed by atoms with Crippen molar-refractivity contribution in [2.24, 2.45) is 17.6 Å². The van der Waals surface area contributed by atoms with Gasteiger partial charge in [-0.15, -0.1) is 0 Å². The predicted molar refractivity (Wildman–Crippen MR) is 497 cm³/mol. The monoisotopic (exact) mass is 1930 g/mol. The van der Waals surface area contributed by atoms with Gasteiger partial charge in [-0.3, -0.25) is 81.6 Å². The molecule has 3 rings (SSSR count). The van der Waals surface area contributed by atoms with E-state index in [1.165, 1.54) is 117 Å². The number of nitrogens with one attached hydrogen (secondary N) is 1. The average Bonchev–Trinajstić information content (AvgIpc) is 1.80. The molecule has 2 atom stereocenters. The van der Waals surface area contributed by atoms with Gasteiger partial charge in [-0.05, 0) is 42.7 Å². The number of benzene rings is 2. The van der Waals surface area contributed by atoms with Gasteiger partial charge in [-0.1, -0.05) is 80.9 Å². The van der Waals surface area contributed by atoms with Crippen molar-refractivity contribution < 1.29 is 134 Å². The maximum Gasteiger partial charge on any atom is 0.242 e. The highest BCUT2D eigenvalue weighted by Gasteiger charge is 2.39. The number of carbonyl (C=O) groups excluding carboxylic acids is 16. The highest BCUT2D eigenvalue weighted by molar-refractivity contribution is 7.99. The van der Waals surface area contributed by atoms with E-state index in [0.717, 1.165) is 40.5 Å². The van der Waals surface area contributed by atoms with Gasteiger partial charge in [0.15, 0.2) is 0 Å². The third-order valence-electron chi connectivity index (χ3n) is 21.5. The van der Waals surface area contributed by atoms with Gasteiger partial charge in [0.2, 0.25) is 94.5 Å². The number of hydrogen-bond acceptors (Lipinski definition) is 29. The van der Waals surface area contributed by atoms with Crippen molar-refractivity contribution in [2.75, 3.05) is 332 Å². The van der Waals surface area contributed by atoms with Crippen LogP contribution in [0.25, 0.3) is 0 Å². The molecule has 44 heteroatoms. The molecule has 2 unspecified atom stereocenters. The van der Waals surface area contributed by atoms with Crippen LogP contribution in [0.1, 0.15) is 63.5 Å². The zero-order valence-electron chi connectivity index (χ0n) is 81.2.